The molecule has 0 aliphatic carbocycles. The van der Waals surface area contributed by atoms with Crippen LogP contribution in [-0.4, -0.2) is 59.5 Å². The number of aliphatic imine (C=N–C) groups is 1. The quantitative estimate of drug-likeness (QED) is 0.345. The van der Waals surface area contributed by atoms with E-state index in [1.165, 1.54) is 11.5 Å². The summed E-state index contributed by atoms with van der Waals surface area (Å²) in [7, 11) is 0. The van der Waals surface area contributed by atoms with Crippen LogP contribution in [-0.2, 0) is 12.8 Å². The van der Waals surface area contributed by atoms with Gasteiger partial charge in [0.25, 0.3) is 0 Å². The van der Waals surface area contributed by atoms with Crippen LogP contribution in [0.4, 0.5) is 5.13 Å². The molecule has 0 amide bonds. The van der Waals surface area contributed by atoms with Crippen LogP contribution in [0.1, 0.15) is 32.4 Å². The molecule has 156 valence electrons. The van der Waals surface area contributed by atoms with E-state index in [0.29, 0.717) is 5.92 Å². The van der Waals surface area contributed by atoms with E-state index in [9.17, 15) is 0 Å². The third-order valence-corrected chi connectivity index (χ3v) is 5.28. The van der Waals surface area contributed by atoms with Crippen LogP contribution < -0.4 is 10.2 Å². The molecule has 2 aromatic heterocycles. The fraction of sp³-hybridized carbons (Fsp3) is 0.632. The Kier molecular flexibility index (Phi) is 9.49. The predicted molar refractivity (Wildman–Crippen MR) is 126 cm³/mol. The van der Waals surface area contributed by atoms with Gasteiger partial charge in [-0.05, 0) is 18.1 Å². The zero-order valence-corrected chi connectivity index (χ0v) is 20.1. The first-order chi connectivity index (χ1) is 13.2. The smallest absolute Gasteiger partial charge is 0.205 e. The highest BCUT2D eigenvalue weighted by atomic mass is 127. The fourth-order valence-corrected chi connectivity index (χ4v) is 3.72. The Labute approximate surface area is 188 Å². The first kappa shape index (κ1) is 22.9. The average molecular weight is 518 g/mol. The number of halogens is 1. The lowest BCUT2D eigenvalue weighted by Gasteiger charge is -2.36. The topological polar surface area (TPSA) is 69.8 Å². The zero-order valence-electron chi connectivity index (χ0n) is 16.9. The molecule has 3 rings (SSSR count). The molecular weight excluding hydrogens is 487 g/mol. The van der Waals surface area contributed by atoms with Crippen LogP contribution in [0.3, 0.4) is 0 Å². The summed E-state index contributed by atoms with van der Waals surface area (Å²) in [6, 6.07) is 3.94. The van der Waals surface area contributed by atoms with Gasteiger partial charge in [0.05, 0.1) is 6.26 Å². The molecule has 9 heteroatoms. The molecule has 1 fully saturated rings. The van der Waals surface area contributed by atoms with Gasteiger partial charge in [0.15, 0.2) is 5.96 Å². The van der Waals surface area contributed by atoms with Crippen LogP contribution in [0, 0.1) is 5.92 Å². The summed E-state index contributed by atoms with van der Waals surface area (Å²) in [5, 5.41) is 4.56. The number of hydrogen-bond donors (Lipinski definition) is 1. The number of furan rings is 1. The summed E-state index contributed by atoms with van der Waals surface area (Å²) in [6.45, 7) is 11.9. The molecule has 28 heavy (non-hydrogen) atoms. The molecule has 0 unspecified atom stereocenters. The molecule has 0 saturated carbocycles. The van der Waals surface area contributed by atoms with Gasteiger partial charge in [0.2, 0.25) is 5.13 Å². The molecule has 1 aliphatic rings. The van der Waals surface area contributed by atoms with Crippen molar-refractivity contribution in [2.75, 3.05) is 44.2 Å². The van der Waals surface area contributed by atoms with Crippen molar-refractivity contribution in [3.63, 3.8) is 0 Å². The van der Waals surface area contributed by atoms with Crippen LogP contribution in [0.15, 0.2) is 27.8 Å². The van der Waals surface area contributed by atoms with Gasteiger partial charge < -0.3 is 19.5 Å². The van der Waals surface area contributed by atoms with Crippen molar-refractivity contribution >= 4 is 46.6 Å². The maximum atomic E-state index is 5.42. The van der Waals surface area contributed by atoms with Crippen LogP contribution in [0.5, 0.6) is 0 Å². The standard InChI is InChI=1S/C19H30N6OS.HI/c1-4-17-22-19(27-23-17)25-11-9-24(10-12-25)18(21-14-15(2)3)20-8-7-16-6-5-13-26-16;/h5-6,13,15H,4,7-12,14H2,1-3H3,(H,20,21);1H. The Morgan fingerprint density at radius 2 is 2.11 bits per heavy atom. The van der Waals surface area contributed by atoms with E-state index in [-0.39, 0.29) is 24.0 Å². The molecule has 1 N–H and O–H groups in total. The summed E-state index contributed by atoms with van der Waals surface area (Å²) < 4.78 is 9.83. The van der Waals surface area contributed by atoms with Crippen molar-refractivity contribution < 1.29 is 4.42 Å². The number of nitrogens with one attached hydrogen (secondary N) is 1. The number of piperazine rings is 1. The van der Waals surface area contributed by atoms with Crippen molar-refractivity contribution in [2.45, 2.75) is 33.6 Å². The molecule has 1 saturated heterocycles. The van der Waals surface area contributed by atoms with Gasteiger partial charge in [0, 0.05) is 63.6 Å². The largest absolute Gasteiger partial charge is 0.469 e. The Morgan fingerprint density at radius 3 is 2.71 bits per heavy atom. The van der Waals surface area contributed by atoms with E-state index in [4.69, 9.17) is 9.41 Å². The van der Waals surface area contributed by atoms with E-state index in [0.717, 1.165) is 74.8 Å². The second kappa shape index (κ2) is 11.6. The van der Waals surface area contributed by atoms with E-state index >= 15 is 0 Å². The summed E-state index contributed by atoms with van der Waals surface area (Å²) in [4.78, 5) is 14.1. The highest BCUT2D eigenvalue weighted by Crippen LogP contribution is 2.19. The molecule has 0 spiro atoms. The Hall–Kier alpha value is -1.36. The van der Waals surface area contributed by atoms with Crippen molar-refractivity contribution in [1.82, 2.24) is 19.6 Å². The van der Waals surface area contributed by atoms with Crippen molar-refractivity contribution in [3.8, 4) is 0 Å². The lowest BCUT2D eigenvalue weighted by molar-refractivity contribution is 0.370. The van der Waals surface area contributed by atoms with Crippen molar-refractivity contribution in [3.05, 3.63) is 30.0 Å². The minimum atomic E-state index is 0. The van der Waals surface area contributed by atoms with Gasteiger partial charge in [-0.15, -0.1) is 24.0 Å². The molecule has 2 aromatic rings. The minimum Gasteiger partial charge on any atom is -0.469 e. The Balaban J connectivity index is 0.00000280. The monoisotopic (exact) mass is 518 g/mol. The normalized spacial score (nSPS) is 15.1. The maximum Gasteiger partial charge on any atom is 0.205 e. The minimum absolute atomic E-state index is 0. The van der Waals surface area contributed by atoms with Gasteiger partial charge in [-0.3, -0.25) is 4.99 Å². The van der Waals surface area contributed by atoms with Gasteiger partial charge >= 0.3 is 0 Å². The summed E-state index contributed by atoms with van der Waals surface area (Å²) in [5.41, 5.74) is 0. The van der Waals surface area contributed by atoms with Gasteiger partial charge in [-0.25, -0.2) is 4.98 Å². The number of anilines is 1. The molecule has 0 atom stereocenters. The lowest BCUT2D eigenvalue weighted by atomic mass is 10.2. The number of rotatable bonds is 7. The van der Waals surface area contributed by atoms with Crippen molar-refractivity contribution in [2.24, 2.45) is 10.9 Å². The van der Waals surface area contributed by atoms with E-state index in [2.05, 4.69) is 45.2 Å². The summed E-state index contributed by atoms with van der Waals surface area (Å²) in [5.74, 6) is 3.48. The molecule has 7 nitrogen and oxygen atoms in total. The van der Waals surface area contributed by atoms with Crippen LogP contribution >= 0.6 is 35.5 Å². The lowest BCUT2D eigenvalue weighted by Crippen LogP contribution is -2.53. The van der Waals surface area contributed by atoms with Crippen LogP contribution in [0.2, 0.25) is 0 Å². The number of nitrogens with zero attached hydrogens (tertiary/aromatic N) is 5. The predicted octanol–water partition coefficient (Wildman–Crippen LogP) is 3.28. The number of aryl methyl sites for hydroxylation is 1. The molecule has 3 heterocycles. The third kappa shape index (κ3) is 6.61. The second-order valence-corrected chi connectivity index (χ2v) is 7.87. The van der Waals surface area contributed by atoms with E-state index in [1.807, 2.05) is 12.1 Å². The van der Waals surface area contributed by atoms with E-state index < -0.39 is 0 Å². The summed E-state index contributed by atoms with van der Waals surface area (Å²) >= 11 is 1.51. The SMILES string of the molecule is CCc1nsc(N2CCN(C(=NCC(C)C)NCCc3ccco3)CC2)n1.I. The first-order valence-corrected chi connectivity index (χ1v) is 10.6. The van der Waals surface area contributed by atoms with E-state index in [1.54, 1.807) is 6.26 Å². The highest BCUT2D eigenvalue weighted by molar-refractivity contribution is 14.0. The fourth-order valence-electron chi connectivity index (χ4n) is 2.92. The highest BCUT2D eigenvalue weighted by Gasteiger charge is 2.22. The summed E-state index contributed by atoms with van der Waals surface area (Å²) in [6.07, 6.45) is 3.47. The second-order valence-electron chi connectivity index (χ2n) is 7.14. The van der Waals surface area contributed by atoms with Gasteiger partial charge in [0.1, 0.15) is 11.6 Å². The average Bonchev–Trinajstić information content (AvgIpc) is 3.36. The maximum absolute atomic E-state index is 5.42. The molecular formula is C19H31IN6OS. The third-order valence-electron chi connectivity index (χ3n) is 4.46. The zero-order chi connectivity index (χ0) is 19.1. The molecule has 1 aliphatic heterocycles. The molecule has 0 radical (unpaired) electrons. The molecule has 0 bridgehead atoms. The molecule has 0 aromatic carbocycles. The first-order valence-electron chi connectivity index (χ1n) is 9.79. The van der Waals surface area contributed by atoms with Gasteiger partial charge in [-0.1, -0.05) is 20.8 Å². The number of guanidine groups is 1. The van der Waals surface area contributed by atoms with Crippen molar-refractivity contribution in [1.29, 1.82) is 0 Å². The van der Waals surface area contributed by atoms with Gasteiger partial charge in [-0.2, -0.15) is 4.37 Å². The number of hydrogen-bond acceptors (Lipinski definition) is 6. The van der Waals surface area contributed by atoms with Crippen LogP contribution in [0.25, 0.3) is 0 Å². The number of aromatic nitrogens is 2. The Bertz CT molecular complexity index is 710. The Morgan fingerprint density at radius 1 is 1.32 bits per heavy atom.